The highest BCUT2D eigenvalue weighted by Crippen LogP contribution is 2.24. The van der Waals surface area contributed by atoms with Gasteiger partial charge in [0.2, 0.25) is 5.91 Å². The molecule has 6 nitrogen and oxygen atoms in total. The van der Waals surface area contributed by atoms with Crippen molar-refractivity contribution < 1.29 is 4.79 Å². The number of nitrogens with one attached hydrogen (secondary N) is 1. The van der Waals surface area contributed by atoms with Gasteiger partial charge in [-0.1, -0.05) is 58.0 Å². The maximum atomic E-state index is 12.2. The van der Waals surface area contributed by atoms with Gasteiger partial charge in [-0.2, -0.15) is 0 Å². The third kappa shape index (κ3) is 3.42. The van der Waals surface area contributed by atoms with Crippen molar-refractivity contribution in [3.8, 4) is 0 Å². The molecule has 2 aromatic carbocycles. The van der Waals surface area contributed by atoms with Gasteiger partial charge in [0.25, 0.3) is 0 Å². The summed E-state index contributed by atoms with van der Waals surface area (Å²) in [6.45, 7) is 0.478. The molecular weight excluding hydrogens is 414 g/mol. The Morgan fingerprint density at radius 1 is 1.15 bits per heavy atom. The van der Waals surface area contributed by atoms with E-state index in [0.29, 0.717) is 17.2 Å². The lowest BCUT2D eigenvalue weighted by Gasteiger charge is -2.08. The van der Waals surface area contributed by atoms with E-state index in [-0.39, 0.29) is 11.7 Å². The van der Waals surface area contributed by atoms with Crippen LogP contribution in [-0.2, 0) is 11.3 Å². The van der Waals surface area contributed by atoms with Crippen LogP contribution in [0.2, 0.25) is 0 Å². The predicted molar refractivity (Wildman–Crippen MR) is 105 cm³/mol. The van der Waals surface area contributed by atoms with Crippen LogP contribution in [-0.4, -0.2) is 31.2 Å². The molecule has 130 valence electrons. The summed E-state index contributed by atoms with van der Waals surface area (Å²) >= 11 is 4.84. The molecule has 0 saturated carbocycles. The average Bonchev–Trinajstić information content (AvgIpc) is 3.16. The summed E-state index contributed by atoms with van der Waals surface area (Å²) in [6, 6.07) is 15.6. The van der Waals surface area contributed by atoms with Crippen LogP contribution < -0.4 is 5.32 Å². The van der Waals surface area contributed by atoms with Crippen molar-refractivity contribution in [1.82, 2.24) is 24.9 Å². The van der Waals surface area contributed by atoms with E-state index in [9.17, 15) is 4.79 Å². The summed E-state index contributed by atoms with van der Waals surface area (Å²) in [5, 5.41) is 11.7. The minimum atomic E-state index is -0.0571. The molecule has 0 aliphatic rings. The number of aromatic nitrogens is 4. The predicted octanol–water partition coefficient (Wildman–Crippen LogP) is 3.45. The van der Waals surface area contributed by atoms with Crippen molar-refractivity contribution in [2.75, 3.05) is 5.75 Å². The zero-order valence-corrected chi connectivity index (χ0v) is 16.0. The molecule has 0 aliphatic carbocycles. The first-order valence-electron chi connectivity index (χ1n) is 7.94. The minimum absolute atomic E-state index is 0.0571. The SMILES string of the molecule is O=C(CSc1nc2ccccc2n2cnnc12)NCc1ccccc1Br. The van der Waals surface area contributed by atoms with Gasteiger partial charge in [-0.3, -0.25) is 9.20 Å². The molecule has 1 N–H and O–H groups in total. The van der Waals surface area contributed by atoms with Crippen LogP contribution in [0, 0.1) is 0 Å². The molecular formula is C18H14BrN5OS. The van der Waals surface area contributed by atoms with E-state index in [0.717, 1.165) is 21.1 Å². The van der Waals surface area contributed by atoms with Gasteiger partial charge in [0.15, 0.2) is 5.65 Å². The first-order valence-corrected chi connectivity index (χ1v) is 9.71. The lowest BCUT2D eigenvalue weighted by atomic mass is 10.2. The molecule has 1 amide bonds. The Bertz CT molecular complexity index is 1100. The Kier molecular flexibility index (Phi) is 4.85. The van der Waals surface area contributed by atoms with Crippen molar-refractivity contribution in [2.45, 2.75) is 11.6 Å². The smallest absolute Gasteiger partial charge is 0.230 e. The van der Waals surface area contributed by atoms with Crippen molar-refractivity contribution in [2.24, 2.45) is 0 Å². The van der Waals surface area contributed by atoms with Crippen molar-refractivity contribution in [3.05, 3.63) is 64.9 Å². The molecule has 0 spiro atoms. The summed E-state index contributed by atoms with van der Waals surface area (Å²) in [4.78, 5) is 16.9. The number of thioether (sulfide) groups is 1. The monoisotopic (exact) mass is 427 g/mol. The molecule has 0 saturated heterocycles. The van der Waals surface area contributed by atoms with E-state index in [2.05, 4.69) is 36.4 Å². The van der Waals surface area contributed by atoms with Crippen LogP contribution in [0.25, 0.3) is 16.7 Å². The molecule has 2 heterocycles. The second kappa shape index (κ2) is 7.43. The number of nitrogens with zero attached hydrogens (tertiary/aromatic N) is 4. The molecule has 0 radical (unpaired) electrons. The van der Waals surface area contributed by atoms with Gasteiger partial charge < -0.3 is 5.32 Å². The van der Waals surface area contributed by atoms with E-state index in [1.54, 1.807) is 6.33 Å². The Labute approximate surface area is 162 Å². The fourth-order valence-corrected chi connectivity index (χ4v) is 3.82. The Morgan fingerprint density at radius 2 is 1.96 bits per heavy atom. The topological polar surface area (TPSA) is 72.2 Å². The zero-order valence-electron chi connectivity index (χ0n) is 13.6. The van der Waals surface area contributed by atoms with Crippen LogP contribution >= 0.6 is 27.7 Å². The fourth-order valence-electron chi connectivity index (χ4n) is 2.60. The highest BCUT2D eigenvalue weighted by molar-refractivity contribution is 9.10. The van der Waals surface area contributed by atoms with Crippen LogP contribution in [0.5, 0.6) is 0 Å². The van der Waals surface area contributed by atoms with Crippen molar-refractivity contribution >= 4 is 50.3 Å². The molecule has 4 rings (SSSR count). The summed E-state index contributed by atoms with van der Waals surface area (Å²) in [7, 11) is 0. The fraction of sp³-hybridized carbons (Fsp3) is 0.111. The van der Waals surface area contributed by atoms with Gasteiger partial charge in [-0.15, -0.1) is 10.2 Å². The third-order valence-corrected chi connectivity index (χ3v) is 5.60. The standard InChI is InChI=1S/C18H14BrN5OS/c19-13-6-2-1-5-12(13)9-20-16(25)10-26-18-17-23-21-11-24(17)15-8-4-3-7-14(15)22-18/h1-8,11H,9-10H2,(H,20,25). The number of carbonyl (C=O) groups is 1. The number of hydrogen-bond acceptors (Lipinski definition) is 5. The van der Waals surface area contributed by atoms with Gasteiger partial charge in [-0.25, -0.2) is 4.98 Å². The molecule has 0 atom stereocenters. The molecule has 0 fully saturated rings. The number of benzene rings is 2. The Morgan fingerprint density at radius 3 is 2.85 bits per heavy atom. The number of amides is 1. The van der Waals surface area contributed by atoms with Crippen LogP contribution in [0.4, 0.5) is 0 Å². The van der Waals surface area contributed by atoms with E-state index in [1.165, 1.54) is 11.8 Å². The second-order valence-corrected chi connectivity index (χ2v) is 7.41. The number of hydrogen-bond donors (Lipinski definition) is 1. The highest BCUT2D eigenvalue weighted by Gasteiger charge is 2.12. The van der Waals surface area contributed by atoms with E-state index < -0.39 is 0 Å². The minimum Gasteiger partial charge on any atom is -0.351 e. The lowest BCUT2D eigenvalue weighted by molar-refractivity contribution is -0.118. The van der Waals surface area contributed by atoms with Gasteiger partial charge >= 0.3 is 0 Å². The quantitative estimate of drug-likeness (QED) is 0.493. The van der Waals surface area contributed by atoms with E-state index >= 15 is 0 Å². The maximum Gasteiger partial charge on any atom is 0.230 e. The number of para-hydroxylation sites is 2. The van der Waals surface area contributed by atoms with Crippen molar-refractivity contribution in [1.29, 1.82) is 0 Å². The number of fused-ring (bicyclic) bond motifs is 3. The van der Waals surface area contributed by atoms with E-state index in [4.69, 9.17) is 0 Å². The van der Waals surface area contributed by atoms with Crippen molar-refractivity contribution in [3.63, 3.8) is 0 Å². The molecule has 0 unspecified atom stereocenters. The molecule has 26 heavy (non-hydrogen) atoms. The van der Waals surface area contributed by atoms with Crippen LogP contribution in [0.15, 0.2) is 64.4 Å². The van der Waals surface area contributed by atoms with Gasteiger partial charge in [0, 0.05) is 11.0 Å². The Balaban J connectivity index is 1.48. The zero-order chi connectivity index (χ0) is 17.9. The normalized spacial score (nSPS) is 11.1. The number of carbonyl (C=O) groups excluding carboxylic acids is 1. The molecule has 0 aliphatic heterocycles. The summed E-state index contributed by atoms with van der Waals surface area (Å²) in [5.41, 5.74) is 3.48. The largest absolute Gasteiger partial charge is 0.351 e. The van der Waals surface area contributed by atoms with Gasteiger partial charge in [0.1, 0.15) is 11.4 Å². The first kappa shape index (κ1) is 17.0. The van der Waals surface area contributed by atoms with Gasteiger partial charge in [0.05, 0.1) is 16.8 Å². The first-order chi connectivity index (χ1) is 12.7. The average molecular weight is 428 g/mol. The summed E-state index contributed by atoms with van der Waals surface area (Å²) in [6.07, 6.45) is 1.66. The molecule has 8 heteroatoms. The highest BCUT2D eigenvalue weighted by atomic mass is 79.9. The second-order valence-electron chi connectivity index (χ2n) is 5.59. The number of rotatable bonds is 5. The van der Waals surface area contributed by atoms with E-state index in [1.807, 2.05) is 52.9 Å². The molecule has 2 aromatic heterocycles. The summed E-state index contributed by atoms with van der Waals surface area (Å²) in [5.74, 6) is 0.205. The lowest BCUT2D eigenvalue weighted by Crippen LogP contribution is -2.24. The maximum absolute atomic E-state index is 12.2. The van der Waals surface area contributed by atoms with Crippen LogP contribution in [0.1, 0.15) is 5.56 Å². The summed E-state index contributed by atoms with van der Waals surface area (Å²) < 4.78 is 2.87. The van der Waals surface area contributed by atoms with Crippen LogP contribution in [0.3, 0.4) is 0 Å². The Hall–Kier alpha value is -2.45. The molecule has 0 bridgehead atoms. The molecule has 4 aromatic rings. The number of halogens is 1. The third-order valence-electron chi connectivity index (χ3n) is 3.88. The van der Waals surface area contributed by atoms with Gasteiger partial charge in [-0.05, 0) is 23.8 Å².